The molecule has 2 aromatic rings. The zero-order valence-corrected chi connectivity index (χ0v) is 66.1. The number of hydrogen-bond acceptors (Lipinski definition) is 19. The maximum Gasteiger partial charge on any atom is 0.326 e. The highest BCUT2D eigenvalue weighted by atomic mass is 32.2. The summed E-state index contributed by atoms with van der Waals surface area (Å²) in [6, 6.07) is 12.3. The van der Waals surface area contributed by atoms with Crippen LogP contribution in [0.5, 0.6) is 0 Å². The molecule has 0 saturated heterocycles. The van der Waals surface area contributed by atoms with Crippen LogP contribution in [-0.4, -0.2) is 196 Å². The van der Waals surface area contributed by atoms with Gasteiger partial charge in [-0.25, -0.2) is 4.79 Å². The lowest BCUT2D eigenvalue weighted by atomic mass is 9.87. The lowest BCUT2D eigenvalue weighted by Crippen LogP contribution is -2.57. The largest absolute Gasteiger partial charge is 0.480 e. The molecule has 2 saturated carbocycles. The molecule has 28 nitrogen and oxygen atoms in total. The minimum atomic E-state index is -1.15. The molecule has 0 aromatic heterocycles. The molecule has 0 aliphatic heterocycles. The summed E-state index contributed by atoms with van der Waals surface area (Å²) in [6.07, 6.45) is 12.8. The number of thioether (sulfide) groups is 1. The molecule has 610 valence electrons. The Hall–Kier alpha value is -8.44. The number of nitrogens with one attached hydrogen (secondary N) is 8. The number of primary amides is 1. The summed E-state index contributed by atoms with van der Waals surface area (Å²) in [6.45, 7) is 21.4. The number of aliphatic carboxylic acids is 1. The molecule has 0 spiro atoms. The van der Waals surface area contributed by atoms with E-state index in [2.05, 4.69) is 61.4 Å². The third-order valence-electron chi connectivity index (χ3n) is 19.0. The Balaban J connectivity index is 0.000000808. The number of ketones is 3. The summed E-state index contributed by atoms with van der Waals surface area (Å²) < 4.78 is 0. The highest BCUT2D eigenvalue weighted by Crippen LogP contribution is 2.42. The van der Waals surface area contributed by atoms with Crippen molar-refractivity contribution in [2.24, 2.45) is 64.7 Å². The van der Waals surface area contributed by atoms with E-state index in [1.165, 1.54) is 6.92 Å². The summed E-state index contributed by atoms with van der Waals surface area (Å²) in [5.41, 5.74) is 15.2. The van der Waals surface area contributed by atoms with Gasteiger partial charge < -0.3 is 79.5 Å². The summed E-state index contributed by atoms with van der Waals surface area (Å²) in [7, 11) is 0. The lowest BCUT2D eigenvalue weighted by Gasteiger charge is -2.26. The molecule has 2 aliphatic rings. The number of carbonyl (C=O) groups excluding carboxylic acids is 12. The number of aliphatic hydroxyl groups excluding tert-OH is 4. The van der Waals surface area contributed by atoms with Crippen molar-refractivity contribution in [1.29, 1.82) is 0 Å². The topological polar surface area (TPSA) is 471 Å². The van der Waals surface area contributed by atoms with E-state index in [4.69, 9.17) is 16.6 Å². The number of Topliss-reactive ketones (excluding diaryl/α,β-unsaturated/α-hetero) is 3. The van der Waals surface area contributed by atoms with Crippen LogP contribution >= 0.6 is 11.8 Å². The molecular weight excluding hydrogens is 1420 g/mol. The van der Waals surface area contributed by atoms with Crippen molar-refractivity contribution in [1.82, 2.24) is 42.5 Å². The number of rotatable bonds is 49. The van der Waals surface area contributed by atoms with Crippen molar-refractivity contribution in [3.05, 3.63) is 103 Å². The molecule has 4 rings (SSSR count). The first-order valence-electron chi connectivity index (χ1n) is 38.0. The molecular formula is C80H126N10O18S. The van der Waals surface area contributed by atoms with Crippen molar-refractivity contribution in [2.75, 3.05) is 38.2 Å². The third-order valence-corrected chi connectivity index (χ3v) is 19.7. The minimum absolute atomic E-state index is 0.0103. The fourth-order valence-corrected chi connectivity index (χ4v) is 13.5. The standard InChI is InChI=1S/C33H53N7O7.C21H31N3O5S.C13H24O5.C13H18O/c1-4-5-14-26(38-21-41)32(46)39-27(16-22(2)3)33(47)40-28(17-23-11-7-6-8-12-23)31(45)37-20-29(43)36-19-25(42)18-24(30(35)44)13-9-10-15-34;1-14(2)11-17(23-19(26)16(22-13-25)9-10-30-3)20(27)24-18(21(28)29)12-15-7-5-4-6-8-15;1-3-11(16)9-4-8(13(18)7(2)15)5-10(9)12(17)6-14;1-4-7-10-8-11(5-2)12(9-10)13(14)6-3/h6-8,11-12,21-22,24,26-28H,4-5,9-10,13-20,34H2,1-3H3,(H2,35,44)(H,36,43)(H,37,45)(H,38,41)(H,39,46)(H,40,47);4-8,13-14,16-18H,9-12H2,1-3H3,(H,22,25)(H,23,26)(H,24,27)(H,28,29);7-10,12-15,17-18H,3-6H2,1-2H3;5,7,10-12H,1-2,6,8-9H2,3H3/t24?,26-,27?,28-;16-,17?,18-;;/m00../s1. The number of nitrogens with two attached hydrogens (primary N) is 2. The van der Waals surface area contributed by atoms with Crippen LogP contribution in [0.4, 0.5) is 0 Å². The fraction of sp³-hybridized carbons (Fsp3) is 0.625. The molecule has 2 aromatic carbocycles. The SMILES string of the molecule is C=C=CC1CC(C=C)C(C(=O)CC)C1.CCC(=O)C1CC(C(O)C(C)O)CC1C(O)CO.CCCC[C@H](NC=O)C(=O)NC(CC(C)C)C(=O)N[C@@H](Cc1ccccc1)C(=O)NCC(=O)NCC(=O)CC(CCCCN)C(N)=O.CSCC[C@H](NC=O)C(=O)NC(CC(C)C)C(=O)N[C@@H](Cc1ccccc1)C(=O)O. The number of benzene rings is 2. The monoisotopic (exact) mass is 1550 g/mol. The van der Waals surface area contributed by atoms with E-state index in [-0.39, 0.29) is 85.9 Å². The van der Waals surface area contributed by atoms with Crippen molar-refractivity contribution in [3.63, 3.8) is 0 Å². The smallest absolute Gasteiger partial charge is 0.326 e. The highest BCUT2D eigenvalue weighted by Gasteiger charge is 2.44. The number of hydrogen-bond donors (Lipinski definition) is 15. The maximum atomic E-state index is 13.5. The van der Waals surface area contributed by atoms with Gasteiger partial charge in [0.25, 0.3) is 0 Å². The Kier molecular flexibility index (Phi) is 50.5. The minimum Gasteiger partial charge on any atom is -0.480 e. The molecule has 0 radical (unpaired) electrons. The first kappa shape index (κ1) is 98.6. The van der Waals surface area contributed by atoms with Gasteiger partial charge in [-0.2, -0.15) is 11.8 Å². The zero-order valence-electron chi connectivity index (χ0n) is 65.3. The molecule has 16 atom stereocenters. The Labute approximate surface area is 648 Å². The molecule has 109 heavy (non-hydrogen) atoms. The van der Waals surface area contributed by atoms with Crippen molar-refractivity contribution in [2.45, 2.75) is 226 Å². The van der Waals surface area contributed by atoms with Crippen molar-refractivity contribution in [3.8, 4) is 0 Å². The van der Waals surface area contributed by atoms with Crippen LogP contribution in [0.2, 0.25) is 0 Å². The first-order chi connectivity index (χ1) is 51.8. The summed E-state index contributed by atoms with van der Waals surface area (Å²) >= 11 is 1.54. The highest BCUT2D eigenvalue weighted by molar-refractivity contribution is 7.98. The molecule has 17 N–H and O–H groups in total. The Morgan fingerprint density at radius 3 is 1.58 bits per heavy atom. The second-order valence-corrected chi connectivity index (χ2v) is 29.7. The van der Waals surface area contributed by atoms with Gasteiger partial charge in [-0.05, 0) is 142 Å². The van der Waals surface area contributed by atoms with Gasteiger partial charge in [0.05, 0.1) is 38.0 Å². The van der Waals surface area contributed by atoms with Crippen molar-refractivity contribution >= 4 is 89.3 Å². The van der Waals surface area contributed by atoms with Crippen LogP contribution in [-0.2, 0) is 75.2 Å². The van der Waals surface area contributed by atoms with Crippen LogP contribution < -0.4 is 54.0 Å². The van der Waals surface area contributed by atoms with Gasteiger partial charge in [-0.3, -0.25) is 57.5 Å². The van der Waals surface area contributed by atoms with E-state index in [9.17, 15) is 82.8 Å². The number of unbranched alkanes of at least 4 members (excludes halogenated alkanes) is 2. The average Bonchev–Trinajstić information content (AvgIpc) is 1.68. The predicted molar refractivity (Wildman–Crippen MR) is 419 cm³/mol. The molecule has 29 heteroatoms. The predicted octanol–water partition coefficient (Wildman–Crippen LogP) is 4.01. The number of amides is 9. The first-order valence-corrected chi connectivity index (χ1v) is 39.4. The molecule has 9 amide bonds. The number of carboxylic acid groups (broad SMARTS) is 1. The van der Waals surface area contributed by atoms with Gasteiger partial charge >= 0.3 is 5.97 Å². The zero-order chi connectivity index (χ0) is 82.1. The summed E-state index contributed by atoms with van der Waals surface area (Å²) in [5, 5.41) is 68.2. The third kappa shape index (κ3) is 39.2. The Bertz CT molecular complexity index is 3180. The van der Waals surface area contributed by atoms with E-state index >= 15 is 0 Å². The van der Waals surface area contributed by atoms with Crippen LogP contribution in [0.3, 0.4) is 0 Å². The van der Waals surface area contributed by atoms with Gasteiger partial charge in [0.15, 0.2) is 5.78 Å². The van der Waals surface area contributed by atoms with Gasteiger partial charge in [0, 0.05) is 49.9 Å². The normalized spacial score (nSPS) is 19.0. The van der Waals surface area contributed by atoms with E-state index in [1.807, 2.05) is 72.1 Å². The quantitative estimate of drug-likeness (QED) is 0.0193. The Morgan fingerprint density at radius 2 is 1.13 bits per heavy atom. The number of carboxylic acids is 1. The van der Waals surface area contributed by atoms with Gasteiger partial charge in [0.2, 0.25) is 54.2 Å². The molecule has 2 fully saturated rings. The molecule has 0 heterocycles. The molecule has 12 unspecified atom stereocenters. The number of allylic oxidation sites excluding steroid dienone is 2. The van der Waals surface area contributed by atoms with Crippen LogP contribution in [0.15, 0.2) is 91.7 Å². The van der Waals surface area contributed by atoms with E-state index in [0.717, 1.165) is 30.4 Å². The van der Waals surface area contributed by atoms with Gasteiger partial charge in [0.1, 0.15) is 47.8 Å². The van der Waals surface area contributed by atoms with Gasteiger partial charge in [-0.1, -0.05) is 141 Å². The average molecular weight is 1550 g/mol. The molecule has 0 bridgehead atoms. The van der Waals surface area contributed by atoms with E-state index < -0.39 is 114 Å². The summed E-state index contributed by atoms with van der Waals surface area (Å²) in [5.74, 6) is -4.82. The number of carbonyl (C=O) groups is 13. The van der Waals surface area contributed by atoms with E-state index in [0.29, 0.717) is 113 Å². The number of aliphatic hydroxyl groups is 4. The van der Waals surface area contributed by atoms with Crippen molar-refractivity contribution < 1.29 is 87.9 Å². The maximum absolute atomic E-state index is 13.5. The Morgan fingerprint density at radius 1 is 0.624 bits per heavy atom. The molecule has 2 aliphatic carbocycles. The fourth-order valence-electron chi connectivity index (χ4n) is 13.1. The second-order valence-electron chi connectivity index (χ2n) is 28.7. The van der Waals surface area contributed by atoms with Crippen LogP contribution in [0.25, 0.3) is 0 Å². The van der Waals surface area contributed by atoms with E-state index in [1.54, 1.807) is 67.2 Å². The van der Waals surface area contributed by atoms with Crippen LogP contribution in [0.1, 0.15) is 169 Å². The van der Waals surface area contributed by atoms with Crippen LogP contribution in [0, 0.1) is 53.3 Å². The lowest BCUT2D eigenvalue weighted by molar-refractivity contribution is -0.142. The van der Waals surface area contributed by atoms with Gasteiger partial charge in [-0.15, -0.1) is 12.3 Å². The summed E-state index contributed by atoms with van der Waals surface area (Å²) in [4.78, 5) is 159. The second kappa shape index (κ2) is 55.9.